The summed E-state index contributed by atoms with van der Waals surface area (Å²) in [5.74, 6) is 1.27. The molecule has 0 aliphatic carbocycles. The number of nitrogens with zero attached hydrogens (tertiary/aromatic N) is 1. The molecule has 1 amide bonds. The van der Waals surface area contributed by atoms with Crippen LogP contribution in [0.15, 0.2) is 52.4 Å². The molecule has 2 aromatic carbocycles. The molecule has 1 saturated heterocycles. The fourth-order valence-electron chi connectivity index (χ4n) is 2.53. The zero-order valence-corrected chi connectivity index (χ0v) is 16.4. The number of amidine groups is 1. The van der Waals surface area contributed by atoms with E-state index in [0.717, 1.165) is 17.0 Å². The average molecular weight is 382 g/mol. The van der Waals surface area contributed by atoms with Crippen LogP contribution in [0.2, 0.25) is 0 Å². The average Bonchev–Trinajstić information content (AvgIpc) is 2.99. The smallest absolute Gasteiger partial charge is 0.264 e. The van der Waals surface area contributed by atoms with Crippen LogP contribution in [-0.4, -0.2) is 24.3 Å². The van der Waals surface area contributed by atoms with Gasteiger partial charge in [0.15, 0.2) is 5.17 Å². The molecule has 0 unspecified atom stereocenters. The second kappa shape index (κ2) is 8.77. The van der Waals surface area contributed by atoms with Crippen molar-refractivity contribution in [2.75, 3.05) is 13.2 Å². The largest absolute Gasteiger partial charge is 0.494 e. The van der Waals surface area contributed by atoms with Gasteiger partial charge in [-0.25, -0.2) is 4.99 Å². The molecule has 1 aliphatic heterocycles. The first-order valence-corrected chi connectivity index (χ1v) is 9.66. The summed E-state index contributed by atoms with van der Waals surface area (Å²) in [6, 6.07) is 13.5. The fraction of sp³-hybridized carbons (Fsp3) is 0.238. The van der Waals surface area contributed by atoms with E-state index in [-0.39, 0.29) is 5.91 Å². The van der Waals surface area contributed by atoms with Crippen molar-refractivity contribution in [3.63, 3.8) is 0 Å². The molecule has 140 valence electrons. The standard InChI is InChI=1S/C21H22N2O3S/c1-4-25-17-11-8-15(18(13-17)26-5-2)12-19-20(24)23-21(27-19)22-16-9-6-14(3)7-10-16/h6-13H,4-5H2,1-3H3,(H,22,23,24)/b19-12-. The molecule has 1 aliphatic rings. The van der Waals surface area contributed by atoms with Crippen molar-refractivity contribution in [3.05, 3.63) is 58.5 Å². The van der Waals surface area contributed by atoms with Crippen LogP contribution in [0, 0.1) is 6.92 Å². The predicted molar refractivity (Wildman–Crippen MR) is 111 cm³/mol. The van der Waals surface area contributed by atoms with Gasteiger partial charge in [0.2, 0.25) is 0 Å². The van der Waals surface area contributed by atoms with E-state index >= 15 is 0 Å². The maximum absolute atomic E-state index is 12.3. The minimum atomic E-state index is -0.165. The summed E-state index contributed by atoms with van der Waals surface area (Å²) in [5, 5.41) is 3.38. The Balaban J connectivity index is 1.84. The first-order valence-electron chi connectivity index (χ1n) is 8.85. The van der Waals surface area contributed by atoms with Crippen molar-refractivity contribution in [2.45, 2.75) is 20.8 Å². The van der Waals surface area contributed by atoms with Gasteiger partial charge in [-0.05, 0) is 62.9 Å². The van der Waals surface area contributed by atoms with Crippen LogP contribution in [0.1, 0.15) is 25.0 Å². The van der Waals surface area contributed by atoms with Gasteiger partial charge in [-0.2, -0.15) is 0 Å². The van der Waals surface area contributed by atoms with E-state index in [2.05, 4.69) is 10.3 Å². The predicted octanol–water partition coefficient (Wildman–Crippen LogP) is 4.68. The molecule has 3 rings (SSSR count). The van der Waals surface area contributed by atoms with Crippen molar-refractivity contribution >= 4 is 34.6 Å². The quantitative estimate of drug-likeness (QED) is 0.737. The van der Waals surface area contributed by atoms with Crippen LogP contribution >= 0.6 is 11.8 Å². The molecule has 0 saturated carbocycles. The van der Waals surface area contributed by atoms with Crippen molar-refractivity contribution in [2.24, 2.45) is 4.99 Å². The van der Waals surface area contributed by atoms with E-state index in [0.29, 0.717) is 29.0 Å². The van der Waals surface area contributed by atoms with Crippen LogP contribution in [0.4, 0.5) is 5.69 Å². The van der Waals surface area contributed by atoms with Crippen molar-refractivity contribution < 1.29 is 14.3 Å². The van der Waals surface area contributed by atoms with E-state index in [4.69, 9.17) is 9.47 Å². The molecule has 0 atom stereocenters. The third-order valence-corrected chi connectivity index (χ3v) is 4.71. The van der Waals surface area contributed by atoms with Gasteiger partial charge in [-0.15, -0.1) is 0 Å². The minimum Gasteiger partial charge on any atom is -0.494 e. The van der Waals surface area contributed by atoms with Crippen molar-refractivity contribution in [1.82, 2.24) is 5.32 Å². The van der Waals surface area contributed by atoms with Gasteiger partial charge < -0.3 is 14.8 Å². The third-order valence-electron chi connectivity index (χ3n) is 3.80. The van der Waals surface area contributed by atoms with Gasteiger partial charge in [0.25, 0.3) is 5.91 Å². The van der Waals surface area contributed by atoms with E-state index in [1.54, 1.807) is 0 Å². The third kappa shape index (κ3) is 4.92. The maximum Gasteiger partial charge on any atom is 0.264 e. The Hall–Kier alpha value is -2.73. The number of aliphatic imine (C=N–C) groups is 1. The van der Waals surface area contributed by atoms with Gasteiger partial charge in [0, 0.05) is 11.6 Å². The lowest BCUT2D eigenvalue weighted by Gasteiger charge is -2.10. The molecule has 27 heavy (non-hydrogen) atoms. The molecule has 1 N–H and O–H groups in total. The van der Waals surface area contributed by atoms with E-state index in [9.17, 15) is 4.79 Å². The molecule has 0 aromatic heterocycles. The summed E-state index contributed by atoms with van der Waals surface area (Å²) in [4.78, 5) is 17.4. The van der Waals surface area contributed by atoms with Gasteiger partial charge in [-0.1, -0.05) is 17.7 Å². The fourth-order valence-corrected chi connectivity index (χ4v) is 3.36. The highest BCUT2D eigenvalue weighted by molar-refractivity contribution is 8.18. The number of amides is 1. The summed E-state index contributed by atoms with van der Waals surface area (Å²) in [6.07, 6.45) is 1.82. The molecule has 1 fully saturated rings. The Morgan fingerprint density at radius 1 is 1.07 bits per heavy atom. The monoisotopic (exact) mass is 382 g/mol. The molecular weight excluding hydrogens is 360 g/mol. The number of hydrogen-bond donors (Lipinski definition) is 1. The Bertz CT molecular complexity index is 889. The van der Waals surface area contributed by atoms with Gasteiger partial charge >= 0.3 is 0 Å². The first kappa shape index (κ1) is 19.0. The molecule has 0 spiro atoms. The van der Waals surface area contributed by atoms with Crippen molar-refractivity contribution in [1.29, 1.82) is 0 Å². The zero-order chi connectivity index (χ0) is 19.2. The van der Waals surface area contributed by atoms with Crippen LogP contribution in [0.25, 0.3) is 6.08 Å². The molecular formula is C21H22N2O3S. The molecule has 1 heterocycles. The highest BCUT2D eigenvalue weighted by Crippen LogP contribution is 2.32. The number of aryl methyl sites for hydroxylation is 1. The summed E-state index contributed by atoms with van der Waals surface area (Å²) in [7, 11) is 0. The number of carbonyl (C=O) groups is 1. The topological polar surface area (TPSA) is 59.9 Å². The summed E-state index contributed by atoms with van der Waals surface area (Å²) in [6.45, 7) is 7.00. The lowest BCUT2D eigenvalue weighted by molar-refractivity contribution is -0.115. The normalized spacial score (nSPS) is 16.6. The van der Waals surface area contributed by atoms with Crippen molar-refractivity contribution in [3.8, 4) is 11.5 Å². The number of ether oxygens (including phenoxy) is 2. The Labute approximate surface area is 163 Å². The second-order valence-corrected chi connectivity index (χ2v) is 6.91. The number of carbonyl (C=O) groups excluding carboxylic acids is 1. The highest BCUT2D eigenvalue weighted by atomic mass is 32.2. The van der Waals surface area contributed by atoms with E-state index in [1.807, 2.05) is 69.3 Å². The summed E-state index contributed by atoms with van der Waals surface area (Å²) >= 11 is 1.32. The Morgan fingerprint density at radius 3 is 2.52 bits per heavy atom. The SMILES string of the molecule is CCOc1ccc(/C=C2\SC(=Nc3ccc(C)cc3)NC2=O)c(OCC)c1. The number of rotatable bonds is 6. The molecule has 0 bridgehead atoms. The highest BCUT2D eigenvalue weighted by Gasteiger charge is 2.24. The zero-order valence-electron chi connectivity index (χ0n) is 15.6. The summed E-state index contributed by atoms with van der Waals surface area (Å²) in [5.41, 5.74) is 2.80. The minimum absolute atomic E-state index is 0.165. The summed E-state index contributed by atoms with van der Waals surface area (Å²) < 4.78 is 11.2. The maximum atomic E-state index is 12.3. The molecule has 6 heteroatoms. The molecule has 2 aromatic rings. The van der Waals surface area contributed by atoms with Gasteiger partial charge in [-0.3, -0.25) is 4.79 Å². The van der Waals surface area contributed by atoms with Crippen LogP contribution in [0.3, 0.4) is 0 Å². The first-order chi connectivity index (χ1) is 13.1. The number of thioether (sulfide) groups is 1. The lowest BCUT2D eigenvalue weighted by atomic mass is 10.1. The van der Waals surface area contributed by atoms with Crippen LogP contribution < -0.4 is 14.8 Å². The lowest BCUT2D eigenvalue weighted by Crippen LogP contribution is -2.19. The van der Waals surface area contributed by atoms with Gasteiger partial charge in [0.1, 0.15) is 11.5 Å². The Kier molecular flexibility index (Phi) is 6.19. The van der Waals surface area contributed by atoms with Crippen LogP contribution in [0.5, 0.6) is 11.5 Å². The van der Waals surface area contributed by atoms with E-state index in [1.165, 1.54) is 17.3 Å². The molecule has 5 nitrogen and oxygen atoms in total. The second-order valence-electron chi connectivity index (χ2n) is 5.88. The Morgan fingerprint density at radius 2 is 1.81 bits per heavy atom. The molecule has 0 radical (unpaired) electrons. The number of hydrogen-bond acceptors (Lipinski definition) is 5. The van der Waals surface area contributed by atoms with Crippen LogP contribution in [-0.2, 0) is 4.79 Å². The number of nitrogens with one attached hydrogen (secondary N) is 1. The van der Waals surface area contributed by atoms with E-state index < -0.39 is 0 Å². The number of benzene rings is 2. The van der Waals surface area contributed by atoms with Gasteiger partial charge in [0.05, 0.1) is 23.8 Å².